The summed E-state index contributed by atoms with van der Waals surface area (Å²) in [5, 5.41) is 0.610. The molecule has 0 unspecified atom stereocenters. The summed E-state index contributed by atoms with van der Waals surface area (Å²) < 4.78 is 13.4. The topological polar surface area (TPSA) is 12.9 Å². The van der Waals surface area contributed by atoms with E-state index >= 15 is 0 Å². The Morgan fingerprint density at radius 1 is 1.21 bits per heavy atom. The highest BCUT2D eigenvalue weighted by Crippen LogP contribution is 2.25. The van der Waals surface area contributed by atoms with E-state index < -0.39 is 0 Å². The van der Waals surface area contributed by atoms with E-state index in [0.29, 0.717) is 11.3 Å². The van der Waals surface area contributed by atoms with Crippen LogP contribution < -0.4 is 0 Å². The fourth-order valence-corrected chi connectivity index (χ4v) is 1.63. The standard InChI is InChI=1S/C12H12FN/c1-8(2)9-5-6-11(13)10-4-3-7-14-12(9)10/h3-8H,1-2H3. The Hall–Kier alpha value is -1.44. The van der Waals surface area contributed by atoms with Gasteiger partial charge in [0.05, 0.1) is 5.52 Å². The summed E-state index contributed by atoms with van der Waals surface area (Å²) in [4.78, 5) is 4.22. The summed E-state index contributed by atoms with van der Waals surface area (Å²) in [7, 11) is 0. The molecule has 14 heavy (non-hydrogen) atoms. The zero-order valence-corrected chi connectivity index (χ0v) is 8.29. The summed E-state index contributed by atoms with van der Waals surface area (Å²) in [5.74, 6) is 0.172. The Morgan fingerprint density at radius 3 is 2.71 bits per heavy atom. The molecule has 0 spiro atoms. The minimum Gasteiger partial charge on any atom is -0.256 e. The molecule has 1 nitrogen and oxygen atoms in total. The molecule has 0 amide bonds. The molecule has 0 atom stereocenters. The van der Waals surface area contributed by atoms with E-state index in [1.54, 1.807) is 18.3 Å². The number of fused-ring (bicyclic) bond motifs is 1. The number of aromatic nitrogens is 1. The number of rotatable bonds is 1. The van der Waals surface area contributed by atoms with Crippen molar-refractivity contribution in [2.45, 2.75) is 19.8 Å². The van der Waals surface area contributed by atoms with Crippen molar-refractivity contribution in [2.24, 2.45) is 0 Å². The van der Waals surface area contributed by atoms with Crippen molar-refractivity contribution < 1.29 is 4.39 Å². The number of nitrogens with zero attached hydrogens (tertiary/aromatic N) is 1. The van der Waals surface area contributed by atoms with E-state index in [-0.39, 0.29) is 5.82 Å². The van der Waals surface area contributed by atoms with Crippen molar-refractivity contribution in [1.29, 1.82) is 0 Å². The third-order valence-electron chi connectivity index (χ3n) is 2.37. The van der Waals surface area contributed by atoms with Crippen LogP contribution in [0.3, 0.4) is 0 Å². The van der Waals surface area contributed by atoms with Crippen LogP contribution in [0.15, 0.2) is 30.5 Å². The Labute approximate surface area is 82.6 Å². The fourth-order valence-electron chi connectivity index (χ4n) is 1.63. The van der Waals surface area contributed by atoms with Gasteiger partial charge in [-0.05, 0) is 29.7 Å². The number of pyridine rings is 1. The van der Waals surface area contributed by atoms with Crippen molar-refractivity contribution in [2.75, 3.05) is 0 Å². The van der Waals surface area contributed by atoms with Crippen LogP contribution in [0.25, 0.3) is 10.9 Å². The molecule has 0 fully saturated rings. The third kappa shape index (κ3) is 1.37. The first kappa shape index (κ1) is 9.13. The Bertz CT molecular complexity index is 463. The van der Waals surface area contributed by atoms with Crippen molar-refractivity contribution in [3.63, 3.8) is 0 Å². The average molecular weight is 189 g/mol. The van der Waals surface area contributed by atoms with Gasteiger partial charge in [0.25, 0.3) is 0 Å². The summed E-state index contributed by atoms with van der Waals surface area (Å²) in [6.45, 7) is 4.17. The predicted octanol–water partition coefficient (Wildman–Crippen LogP) is 3.50. The monoisotopic (exact) mass is 189 g/mol. The second kappa shape index (κ2) is 3.37. The molecule has 72 valence electrons. The molecule has 0 aliphatic carbocycles. The lowest BCUT2D eigenvalue weighted by Crippen LogP contribution is -1.93. The van der Waals surface area contributed by atoms with E-state index in [9.17, 15) is 4.39 Å². The summed E-state index contributed by atoms with van der Waals surface area (Å²) in [5.41, 5.74) is 1.88. The summed E-state index contributed by atoms with van der Waals surface area (Å²) in [6.07, 6.45) is 1.70. The fraction of sp³-hybridized carbons (Fsp3) is 0.250. The molecule has 0 aliphatic heterocycles. The van der Waals surface area contributed by atoms with E-state index in [1.165, 1.54) is 6.07 Å². The Morgan fingerprint density at radius 2 is 2.00 bits per heavy atom. The van der Waals surface area contributed by atoms with Gasteiger partial charge in [0.2, 0.25) is 0 Å². The van der Waals surface area contributed by atoms with Crippen molar-refractivity contribution in [3.8, 4) is 0 Å². The van der Waals surface area contributed by atoms with E-state index in [1.807, 2.05) is 6.07 Å². The van der Waals surface area contributed by atoms with Crippen LogP contribution >= 0.6 is 0 Å². The molecule has 1 aromatic carbocycles. The van der Waals surface area contributed by atoms with Crippen LogP contribution in [0, 0.1) is 5.82 Å². The van der Waals surface area contributed by atoms with Gasteiger partial charge in [0.1, 0.15) is 5.82 Å². The predicted molar refractivity (Wildman–Crippen MR) is 55.8 cm³/mol. The van der Waals surface area contributed by atoms with Crippen LogP contribution in [-0.4, -0.2) is 4.98 Å². The average Bonchev–Trinajstić information content (AvgIpc) is 2.18. The zero-order chi connectivity index (χ0) is 10.1. The molecule has 0 aliphatic rings. The summed E-state index contributed by atoms with van der Waals surface area (Å²) >= 11 is 0. The van der Waals surface area contributed by atoms with Gasteiger partial charge in [-0.3, -0.25) is 4.98 Å². The van der Waals surface area contributed by atoms with Gasteiger partial charge in [-0.25, -0.2) is 4.39 Å². The maximum Gasteiger partial charge on any atom is 0.132 e. The Balaban J connectivity index is 2.82. The number of benzene rings is 1. The maximum absolute atomic E-state index is 13.4. The molecule has 2 rings (SSSR count). The number of hydrogen-bond donors (Lipinski definition) is 0. The van der Waals surface area contributed by atoms with Crippen LogP contribution in [0.2, 0.25) is 0 Å². The lowest BCUT2D eigenvalue weighted by atomic mass is 9.99. The minimum absolute atomic E-state index is 0.197. The van der Waals surface area contributed by atoms with Gasteiger partial charge < -0.3 is 0 Å². The maximum atomic E-state index is 13.4. The van der Waals surface area contributed by atoms with Crippen LogP contribution in [0.5, 0.6) is 0 Å². The molecule has 0 saturated carbocycles. The molecule has 0 radical (unpaired) electrons. The number of halogens is 1. The smallest absolute Gasteiger partial charge is 0.132 e. The molecule has 1 heterocycles. The molecular formula is C12H12FN. The second-order valence-electron chi connectivity index (χ2n) is 3.69. The highest BCUT2D eigenvalue weighted by atomic mass is 19.1. The molecule has 2 heteroatoms. The highest BCUT2D eigenvalue weighted by Gasteiger charge is 2.08. The van der Waals surface area contributed by atoms with E-state index in [4.69, 9.17) is 0 Å². The quantitative estimate of drug-likeness (QED) is 0.669. The van der Waals surface area contributed by atoms with Crippen molar-refractivity contribution >= 4 is 10.9 Å². The lowest BCUT2D eigenvalue weighted by Gasteiger charge is -2.08. The van der Waals surface area contributed by atoms with Crippen LogP contribution in [-0.2, 0) is 0 Å². The Kier molecular flexibility index (Phi) is 2.20. The van der Waals surface area contributed by atoms with Gasteiger partial charge in [0, 0.05) is 11.6 Å². The third-order valence-corrected chi connectivity index (χ3v) is 2.37. The molecule has 1 aromatic heterocycles. The molecule has 0 saturated heterocycles. The lowest BCUT2D eigenvalue weighted by molar-refractivity contribution is 0.638. The van der Waals surface area contributed by atoms with Gasteiger partial charge in [-0.15, -0.1) is 0 Å². The highest BCUT2D eigenvalue weighted by molar-refractivity contribution is 5.82. The van der Waals surface area contributed by atoms with E-state index in [0.717, 1.165) is 11.1 Å². The second-order valence-corrected chi connectivity index (χ2v) is 3.69. The largest absolute Gasteiger partial charge is 0.256 e. The molecule has 0 N–H and O–H groups in total. The van der Waals surface area contributed by atoms with Crippen LogP contribution in [0.4, 0.5) is 4.39 Å². The van der Waals surface area contributed by atoms with Gasteiger partial charge in [-0.1, -0.05) is 19.9 Å². The number of hydrogen-bond acceptors (Lipinski definition) is 1. The minimum atomic E-state index is -0.197. The first-order valence-electron chi connectivity index (χ1n) is 4.73. The molecular weight excluding hydrogens is 177 g/mol. The van der Waals surface area contributed by atoms with Gasteiger partial charge in [-0.2, -0.15) is 0 Å². The van der Waals surface area contributed by atoms with Crippen molar-refractivity contribution in [1.82, 2.24) is 4.98 Å². The van der Waals surface area contributed by atoms with E-state index in [2.05, 4.69) is 18.8 Å². The SMILES string of the molecule is CC(C)c1ccc(F)c2cccnc12. The molecule has 0 bridgehead atoms. The first-order valence-corrected chi connectivity index (χ1v) is 4.73. The summed E-state index contributed by atoms with van der Waals surface area (Å²) in [6, 6.07) is 6.85. The zero-order valence-electron chi connectivity index (χ0n) is 8.29. The van der Waals surface area contributed by atoms with Gasteiger partial charge >= 0.3 is 0 Å². The first-order chi connectivity index (χ1) is 6.70. The molecule has 2 aromatic rings. The van der Waals surface area contributed by atoms with Crippen molar-refractivity contribution in [3.05, 3.63) is 41.8 Å². The normalized spacial score (nSPS) is 11.1. The van der Waals surface area contributed by atoms with Crippen LogP contribution in [0.1, 0.15) is 25.3 Å². The van der Waals surface area contributed by atoms with Gasteiger partial charge in [0.15, 0.2) is 0 Å².